The zero-order valence-corrected chi connectivity index (χ0v) is 11.7. The van der Waals surface area contributed by atoms with Crippen molar-refractivity contribution in [2.45, 2.75) is 0 Å². The summed E-state index contributed by atoms with van der Waals surface area (Å²) in [6.07, 6.45) is 6.70. The lowest BCUT2D eigenvalue weighted by Gasteiger charge is -2.01. The molecule has 2 rings (SSSR count). The number of non-ortho nitro benzene ring substituents is 1. The summed E-state index contributed by atoms with van der Waals surface area (Å²) in [7, 11) is 0. The summed E-state index contributed by atoms with van der Waals surface area (Å²) in [4.78, 5) is 21.7. The summed E-state index contributed by atoms with van der Waals surface area (Å²) in [5.74, 6) is 2.48. The fraction of sp³-hybridized carbons (Fsp3) is 0. The summed E-state index contributed by atoms with van der Waals surface area (Å²) in [6, 6.07) is 6.77. The van der Waals surface area contributed by atoms with E-state index in [-0.39, 0.29) is 11.4 Å². The Kier molecular flexibility index (Phi) is 4.45. The minimum atomic E-state index is -0.716. The van der Waals surface area contributed by atoms with Gasteiger partial charge in [0.2, 0.25) is 0 Å². The summed E-state index contributed by atoms with van der Waals surface area (Å²) in [6.45, 7) is 0. The first-order valence-electron chi connectivity index (χ1n) is 5.79. The van der Waals surface area contributed by atoms with Crippen LogP contribution in [0.4, 0.5) is 17.1 Å². The molecule has 0 saturated heterocycles. The molecule has 1 aromatic carbocycles. The van der Waals surface area contributed by atoms with Gasteiger partial charge in [-0.3, -0.25) is 25.7 Å². The molecule has 22 heavy (non-hydrogen) atoms. The molecule has 110 valence electrons. The maximum Gasteiger partial charge on any atom is 0.301 e. The van der Waals surface area contributed by atoms with E-state index in [1.54, 1.807) is 12.1 Å². The maximum atomic E-state index is 10.9. The Bertz CT molecular complexity index is 807. The van der Waals surface area contributed by atoms with Gasteiger partial charge in [0.25, 0.3) is 5.69 Å². The number of nitrogens with one attached hydrogen (secondary N) is 1. The van der Waals surface area contributed by atoms with Crippen molar-refractivity contribution in [3.63, 3.8) is 0 Å². The summed E-state index contributed by atoms with van der Waals surface area (Å²) in [5.41, 5.74) is 1.76. The van der Waals surface area contributed by atoms with E-state index >= 15 is 0 Å². The summed E-state index contributed by atoms with van der Waals surface area (Å²) < 4.78 is 0. The van der Waals surface area contributed by atoms with Crippen molar-refractivity contribution in [1.82, 2.24) is 0 Å². The molecule has 1 N–H and O–H groups in total. The van der Waals surface area contributed by atoms with E-state index in [0.717, 1.165) is 21.9 Å². The number of thiophene rings is 1. The number of hydrogen-bond donors (Lipinski definition) is 1. The van der Waals surface area contributed by atoms with Crippen LogP contribution in [0.15, 0.2) is 35.4 Å². The van der Waals surface area contributed by atoms with Crippen LogP contribution in [0.5, 0.6) is 0 Å². The molecule has 0 fully saturated rings. The topological polar surface area (TPSA) is 111 Å². The zero-order chi connectivity index (χ0) is 16.1. The standard InChI is InChI=1S/C13H8N4O4S/c1-2-10-4-5-11(22-10)8-14-15-12-6-3-9(16(18)19)7-13(12)17(20)21/h1,3-8,15H/b14-8-. The molecule has 0 aliphatic heterocycles. The normalized spacial score (nSPS) is 10.3. The second-order valence-electron chi connectivity index (χ2n) is 3.93. The van der Waals surface area contributed by atoms with E-state index in [1.807, 2.05) is 0 Å². The molecule has 0 atom stereocenters. The number of benzene rings is 1. The summed E-state index contributed by atoms with van der Waals surface area (Å²) >= 11 is 1.34. The molecule has 0 unspecified atom stereocenters. The number of anilines is 1. The van der Waals surface area contributed by atoms with Crippen LogP contribution < -0.4 is 5.43 Å². The van der Waals surface area contributed by atoms with Crippen molar-refractivity contribution in [1.29, 1.82) is 0 Å². The first kappa shape index (κ1) is 15.1. The highest BCUT2D eigenvalue weighted by Gasteiger charge is 2.18. The average Bonchev–Trinajstić information content (AvgIpc) is 2.95. The van der Waals surface area contributed by atoms with Crippen LogP contribution in [0.3, 0.4) is 0 Å². The van der Waals surface area contributed by atoms with E-state index in [2.05, 4.69) is 16.4 Å². The molecule has 0 saturated carbocycles. The van der Waals surface area contributed by atoms with Crippen LogP contribution in [-0.4, -0.2) is 16.1 Å². The van der Waals surface area contributed by atoms with Gasteiger partial charge in [0, 0.05) is 10.9 Å². The molecule has 0 aliphatic carbocycles. The van der Waals surface area contributed by atoms with Crippen LogP contribution >= 0.6 is 11.3 Å². The van der Waals surface area contributed by atoms with Gasteiger partial charge in [0.05, 0.1) is 27.0 Å². The van der Waals surface area contributed by atoms with Crippen LogP contribution in [0.25, 0.3) is 0 Å². The molecule has 1 heterocycles. The smallest absolute Gasteiger partial charge is 0.272 e. The van der Waals surface area contributed by atoms with Crippen molar-refractivity contribution in [2.24, 2.45) is 5.10 Å². The molecular weight excluding hydrogens is 308 g/mol. The third-order valence-corrected chi connectivity index (χ3v) is 3.49. The number of hydrazone groups is 1. The largest absolute Gasteiger partial charge is 0.301 e. The van der Waals surface area contributed by atoms with Gasteiger partial charge in [-0.2, -0.15) is 5.10 Å². The number of hydrogen-bond acceptors (Lipinski definition) is 7. The predicted octanol–water partition coefficient (Wildman–Crippen LogP) is 2.99. The first-order chi connectivity index (χ1) is 10.5. The van der Waals surface area contributed by atoms with E-state index in [4.69, 9.17) is 6.42 Å². The number of nitro benzene ring substituents is 2. The van der Waals surface area contributed by atoms with Crippen LogP contribution in [-0.2, 0) is 0 Å². The molecule has 2 aromatic rings. The second-order valence-corrected chi connectivity index (χ2v) is 5.05. The van der Waals surface area contributed by atoms with Crippen molar-refractivity contribution in [3.05, 3.63) is 60.3 Å². The van der Waals surface area contributed by atoms with Gasteiger partial charge in [-0.05, 0) is 18.2 Å². The number of rotatable bonds is 5. The quantitative estimate of drug-likeness (QED) is 0.394. The molecule has 0 radical (unpaired) electrons. The monoisotopic (exact) mass is 316 g/mol. The molecular formula is C13H8N4O4S. The van der Waals surface area contributed by atoms with Crippen molar-refractivity contribution in [3.8, 4) is 12.3 Å². The number of nitrogens with zero attached hydrogens (tertiary/aromatic N) is 3. The van der Waals surface area contributed by atoms with Crippen LogP contribution in [0, 0.1) is 32.6 Å². The molecule has 0 spiro atoms. The number of terminal acetylenes is 1. The summed E-state index contributed by atoms with van der Waals surface area (Å²) in [5, 5.41) is 25.4. The van der Waals surface area contributed by atoms with E-state index in [0.29, 0.717) is 0 Å². The Morgan fingerprint density at radius 3 is 2.59 bits per heavy atom. The van der Waals surface area contributed by atoms with Crippen LogP contribution in [0.1, 0.15) is 9.75 Å². The lowest BCUT2D eigenvalue weighted by Crippen LogP contribution is -1.98. The Balaban J connectivity index is 2.20. The lowest BCUT2D eigenvalue weighted by atomic mass is 10.2. The SMILES string of the molecule is C#Cc1ccc(/C=N\Nc2ccc([N+](=O)[O-])cc2[N+](=O)[O-])s1. The third kappa shape index (κ3) is 3.44. The minimum absolute atomic E-state index is 0.0561. The molecule has 8 nitrogen and oxygen atoms in total. The first-order valence-corrected chi connectivity index (χ1v) is 6.61. The Morgan fingerprint density at radius 2 is 2.00 bits per heavy atom. The molecule has 9 heteroatoms. The molecule has 0 aliphatic rings. The van der Waals surface area contributed by atoms with Crippen molar-refractivity contribution in [2.75, 3.05) is 5.43 Å². The average molecular weight is 316 g/mol. The van der Waals surface area contributed by atoms with Crippen molar-refractivity contribution < 1.29 is 9.85 Å². The van der Waals surface area contributed by atoms with E-state index < -0.39 is 15.5 Å². The molecule has 0 amide bonds. The zero-order valence-electron chi connectivity index (χ0n) is 10.9. The Hall–Kier alpha value is -3.25. The highest BCUT2D eigenvalue weighted by molar-refractivity contribution is 7.14. The van der Waals surface area contributed by atoms with E-state index in [1.165, 1.54) is 23.6 Å². The highest BCUT2D eigenvalue weighted by atomic mass is 32.1. The lowest BCUT2D eigenvalue weighted by molar-refractivity contribution is -0.393. The van der Waals surface area contributed by atoms with Gasteiger partial charge in [-0.15, -0.1) is 17.8 Å². The third-order valence-electron chi connectivity index (χ3n) is 2.53. The maximum absolute atomic E-state index is 10.9. The van der Waals surface area contributed by atoms with Gasteiger partial charge in [-0.25, -0.2) is 0 Å². The van der Waals surface area contributed by atoms with Gasteiger partial charge in [-0.1, -0.05) is 5.92 Å². The number of nitro groups is 2. The molecule has 0 bridgehead atoms. The second kappa shape index (κ2) is 6.47. The van der Waals surface area contributed by atoms with Gasteiger partial charge < -0.3 is 0 Å². The van der Waals surface area contributed by atoms with Gasteiger partial charge >= 0.3 is 5.69 Å². The predicted molar refractivity (Wildman–Crippen MR) is 83.2 cm³/mol. The van der Waals surface area contributed by atoms with Crippen molar-refractivity contribution >= 4 is 34.6 Å². The Morgan fingerprint density at radius 1 is 1.23 bits per heavy atom. The highest BCUT2D eigenvalue weighted by Crippen LogP contribution is 2.28. The fourth-order valence-corrected chi connectivity index (χ4v) is 2.23. The Labute approximate surface area is 128 Å². The molecule has 1 aromatic heterocycles. The minimum Gasteiger partial charge on any atom is -0.272 e. The van der Waals surface area contributed by atoms with E-state index in [9.17, 15) is 20.2 Å². The fourth-order valence-electron chi connectivity index (χ4n) is 1.54. The van der Waals surface area contributed by atoms with Crippen LogP contribution in [0.2, 0.25) is 0 Å². The van der Waals surface area contributed by atoms with Gasteiger partial charge in [0.15, 0.2) is 0 Å². The van der Waals surface area contributed by atoms with Gasteiger partial charge in [0.1, 0.15) is 5.69 Å².